The fourth-order valence-corrected chi connectivity index (χ4v) is 3.30. The average Bonchev–Trinajstić information content (AvgIpc) is 2.70. The molecule has 0 aromatic heterocycles. The predicted molar refractivity (Wildman–Crippen MR) is 119 cm³/mol. The van der Waals surface area contributed by atoms with E-state index in [0.717, 1.165) is 38.9 Å². The van der Waals surface area contributed by atoms with Crippen LogP contribution in [0.25, 0.3) is 6.08 Å². The quantitative estimate of drug-likeness (QED) is 0.246. The lowest BCUT2D eigenvalue weighted by Gasteiger charge is -2.06. The zero-order valence-electron chi connectivity index (χ0n) is 16.1. The van der Waals surface area contributed by atoms with Crippen molar-refractivity contribution in [3.05, 3.63) is 84.5 Å². The summed E-state index contributed by atoms with van der Waals surface area (Å²) in [6, 6.07) is 14.0. The summed E-state index contributed by atoms with van der Waals surface area (Å²) in [6.07, 6.45) is 2.96. The van der Waals surface area contributed by atoms with Crippen LogP contribution in [-0.2, 0) is 14.4 Å². The monoisotopic (exact) mass is 424 g/mol. The maximum Gasteiger partial charge on any atom is 0.339 e. The Morgan fingerprint density at radius 3 is 2.00 bits per heavy atom. The summed E-state index contributed by atoms with van der Waals surface area (Å²) in [7, 11) is 0. The Morgan fingerprint density at radius 1 is 0.897 bits per heavy atom. The van der Waals surface area contributed by atoms with Crippen LogP contribution in [0.15, 0.2) is 88.7 Å². The summed E-state index contributed by atoms with van der Waals surface area (Å²) in [5, 5.41) is -0.228. The van der Waals surface area contributed by atoms with Gasteiger partial charge < -0.3 is 4.74 Å². The van der Waals surface area contributed by atoms with E-state index in [-0.39, 0.29) is 10.2 Å². The number of carbonyl (C=O) groups excluding carboxylic acids is 3. The van der Waals surface area contributed by atoms with E-state index in [4.69, 9.17) is 4.74 Å². The van der Waals surface area contributed by atoms with E-state index in [0.29, 0.717) is 16.9 Å². The number of esters is 1. The van der Waals surface area contributed by atoms with Gasteiger partial charge in [0.15, 0.2) is 0 Å². The van der Waals surface area contributed by atoms with Crippen LogP contribution in [-0.4, -0.2) is 16.2 Å². The highest BCUT2D eigenvalue weighted by molar-refractivity contribution is 8.14. The van der Waals surface area contributed by atoms with Gasteiger partial charge in [-0.25, -0.2) is 4.79 Å². The summed E-state index contributed by atoms with van der Waals surface area (Å²) < 4.78 is 5.36. The minimum Gasteiger partial charge on any atom is -0.423 e. The zero-order chi connectivity index (χ0) is 21.4. The van der Waals surface area contributed by atoms with E-state index in [1.807, 2.05) is 24.3 Å². The normalized spacial score (nSPS) is 10.9. The lowest BCUT2D eigenvalue weighted by atomic mass is 10.1. The van der Waals surface area contributed by atoms with Crippen molar-refractivity contribution in [1.29, 1.82) is 0 Å². The molecule has 0 radical (unpaired) electrons. The highest BCUT2D eigenvalue weighted by Gasteiger charge is 2.09. The molecule has 0 atom stereocenters. The van der Waals surface area contributed by atoms with Crippen molar-refractivity contribution in [2.45, 2.75) is 23.6 Å². The molecule has 2 aromatic rings. The number of ether oxygens (including phenoxy) is 1. The van der Waals surface area contributed by atoms with Crippen LogP contribution >= 0.6 is 23.5 Å². The van der Waals surface area contributed by atoms with Gasteiger partial charge >= 0.3 is 5.97 Å². The third-order valence-electron chi connectivity index (χ3n) is 3.56. The van der Waals surface area contributed by atoms with Crippen LogP contribution in [0.3, 0.4) is 0 Å². The zero-order valence-corrected chi connectivity index (χ0v) is 17.8. The summed E-state index contributed by atoms with van der Waals surface area (Å²) in [5.74, 6) is -0.0771. The molecular formula is C23H20O4S2. The van der Waals surface area contributed by atoms with Crippen molar-refractivity contribution in [2.75, 3.05) is 0 Å². The second-order valence-electron chi connectivity index (χ2n) is 6.05. The molecule has 148 valence electrons. The number of rotatable bonds is 7. The molecule has 0 spiro atoms. The smallest absolute Gasteiger partial charge is 0.339 e. The fourth-order valence-electron chi connectivity index (χ4n) is 2.06. The fraction of sp³-hybridized carbons (Fsp3) is 0.0870. The van der Waals surface area contributed by atoms with Crippen molar-refractivity contribution in [3.8, 4) is 5.75 Å². The van der Waals surface area contributed by atoms with Crippen LogP contribution in [0.5, 0.6) is 5.75 Å². The molecule has 6 heteroatoms. The Bertz CT molecular complexity index is 971. The molecule has 0 saturated carbocycles. The largest absolute Gasteiger partial charge is 0.423 e. The van der Waals surface area contributed by atoms with Crippen molar-refractivity contribution in [1.82, 2.24) is 0 Å². The molecule has 0 N–H and O–H groups in total. The Hall–Kier alpha value is -2.83. The third kappa shape index (κ3) is 7.25. The highest BCUT2D eigenvalue weighted by Crippen LogP contribution is 2.24. The molecule has 0 fully saturated rings. The molecule has 0 heterocycles. The van der Waals surface area contributed by atoms with Gasteiger partial charge in [0, 0.05) is 15.4 Å². The summed E-state index contributed by atoms with van der Waals surface area (Å²) in [4.78, 5) is 36.9. The standard InChI is InChI=1S/C23H20O4S2/c1-5-21(24)28-19-12-8-18(9-13-19)27-22(25)16(4)14-17-6-10-20(11-7-17)29-23(26)15(2)3/h5-14H,1-2H2,3-4H3/b16-14+. The Morgan fingerprint density at radius 2 is 1.45 bits per heavy atom. The van der Waals surface area contributed by atoms with Crippen LogP contribution < -0.4 is 4.74 Å². The minimum atomic E-state index is -0.469. The molecule has 0 aliphatic heterocycles. The second-order valence-corrected chi connectivity index (χ2v) is 8.18. The molecule has 0 aliphatic rings. The average molecular weight is 425 g/mol. The highest BCUT2D eigenvalue weighted by atomic mass is 32.2. The summed E-state index contributed by atoms with van der Waals surface area (Å²) in [6.45, 7) is 10.4. The van der Waals surface area contributed by atoms with Crippen LogP contribution in [0.1, 0.15) is 19.4 Å². The second kappa shape index (κ2) is 10.6. The summed E-state index contributed by atoms with van der Waals surface area (Å²) >= 11 is 2.16. The molecule has 0 amide bonds. The van der Waals surface area contributed by atoms with E-state index in [9.17, 15) is 14.4 Å². The molecule has 0 saturated heterocycles. The molecule has 0 bridgehead atoms. The Labute approximate surface area is 178 Å². The van der Waals surface area contributed by atoms with E-state index in [1.54, 1.807) is 44.2 Å². The Kier molecular flexibility index (Phi) is 8.24. The molecular weight excluding hydrogens is 404 g/mol. The van der Waals surface area contributed by atoms with Crippen LogP contribution in [0.4, 0.5) is 0 Å². The van der Waals surface area contributed by atoms with Gasteiger partial charge in [-0.2, -0.15) is 0 Å². The topological polar surface area (TPSA) is 60.4 Å². The molecule has 2 rings (SSSR count). The maximum absolute atomic E-state index is 12.3. The van der Waals surface area contributed by atoms with Gasteiger partial charge in [-0.05, 0) is 97.1 Å². The van der Waals surface area contributed by atoms with Gasteiger partial charge in [-0.15, -0.1) is 0 Å². The third-order valence-corrected chi connectivity index (χ3v) is 5.48. The first-order valence-corrected chi connectivity index (χ1v) is 10.2. The van der Waals surface area contributed by atoms with Crippen molar-refractivity contribution < 1.29 is 19.1 Å². The lowest BCUT2D eigenvalue weighted by Crippen LogP contribution is -2.09. The number of carbonyl (C=O) groups is 3. The van der Waals surface area contributed by atoms with Crippen molar-refractivity contribution in [3.63, 3.8) is 0 Å². The number of hydrogen-bond donors (Lipinski definition) is 0. The van der Waals surface area contributed by atoms with Gasteiger partial charge in [0.2, 0.25) is 10.2 Å². The molecule has 0 aliphatic carbocycles. The van der Waals surface area contributed by atoms with E-state index in [1.165, 1.54) is 6.08 Å². The maximum atomic E-state index is 12.3. The lowest BCUT2D eigenvalue weighted by molar-refractivity contribution is -0.130. The van der Waals surface area contributed by atoms with Gasteiger partial charge in [0.1, 0.15) is 5.75 Å². The minimum absolute atomic E-state index is 0.0775. The van der Waals surface area contributed by atoms with Crippen molar-refractivity contribution >= 4 is 45.8 Å². The van der Waals surface area contributed by atoms with E-state index < -0.39 is 5.97 Å². The van der Waals surface area contributed by atoms with Crippen LogP contribution in [0, 0.1) is 0 Å². The van der Waals surface area contributed by atoms with Gasteiger partial charge in [0.05, 0.1) is 0 Å². The summed E-state index contributed by atoms with van der Waals surface area (Å²) in [5.41, 5.74) is 1.75. The van der Waals surface area contributed by atoms with E-state index >= 15 is 0 Å². The molecule has 4 nitrogen and oxygen atoms in total. The first kappa shape index (κ1) is 22.5. The first-order chi connectivity index (χ1) is 13.8. The molecule has 2 aromatic carbocycles. The number of thioether (sulfide) groups is 2. The van der Waals surface area contributed by atoms with Gasteiger partial charge in [0.25, 0.3) is 0 Å². The Balaban J connectivity index is 1.99. The van der Waals surface area contributed by atoms with Gasteiger partial charge in [-0.3, -0.25) is 9.59 Å². The number of benzene rings is 2. The SMILES string of the molecule is C=CC(=O)Sc1ccc(OC(=O)/C(C)=C/c2ccc(SC(=O)C(=C)C)cc2)cc1. The number of hydrogen-bond acceptors (Lipinski definition) is 6. The van der Waals surface area contributed by atoms with Gasteiger partial charge in [-0.1, -0.05) is 25.3 Å². The molecule has 29 heavy (non-hydrogen) atoms. The predicted octanol–water partition coefficient (Wildman–Crippen LogP) is 5.70. The van der Waals surface area contributed by atoms with Crippen molar-refractivity contribution in [2.24, 2.45) is 0 Å². The molecule has 0 unspecified atom stereocenters. The first-order valence-electron chi connectivity index (χ1n) is 8.61. The van der Waals surface area contributed by atoms with Crippen LogP contribution in [0.2, 0.25) is 0 Å². The van der Waals surface area contributed by atoms with E-state index in [2.05, 4.69) is 13.2 Å².